The quantitative estimate of drug-likeness (QED) is 0.774. The minimum absolute atomic E-state index is 0.783. The van der Waals surface area contributed by atoms with Gasteiger partial charge in [0.25, 0.3) is 0 Å². The highest BCUT2D eigenvalue weighted by atomic mass is 15.3. The third kappa shape index (κ3) is 2.80. The minimum atomic E-state index is 0.783. The van der Waals surface area contributed by atoms with Crippen LogP contribution in [0.25, 0.3) is 5.69 Å². The first kappa shape index (κ1) is 11.5. The first-order valence-corrected chi connectivity index (χ1v) is 6.15. The summed E-state index contributed by atoms with van der Waals surface area (Å²) in [5, 5.41) is 7.62. The average Bonchev–Trinajstić information content (AvgIpc) is 3.01. The van der Waals surface area contributed by atoms with Crippen LogP contribution in [0.2, 0.25) is 0 Å². The molecular weight excluding hydrogens is 236 g/mol. The lowest BCUT2D eigenvalue weighted by atomic mass is 10.2. The molecule has 0 fully saturated rings. The number of rotatable bonds is 4. The van der Waals surface area contributed by atoms with Crippen molar-refractivity contribution in [2.45, 2.75) is 6.54 Å². The van der Waals surface area contributed by atoms with Gasteiger partial charge in [-0.3, -0.25) is 4.98 Å². The maximum absolute atomic E-state index is 4.23. The molecule has 1 aromatic carbocycles. The molecule has 0 saturated carbocycles. The van der Waals surface area contributed by atoms with Gasteiger partial charge >= 0.3 is 0 Å². The Labute approximate surface area is 111 Å². The van der Waals surface area contributed by atoms with Gasteiger partial charge in [0.1, 0.15) is 0 Å². The molecule has 94 valence electrons. The molecule has 3 aromatic rings. The molecule has 3 rings (SSSR count). The van der Waals surface area contributed by atoms with Gasteiger partial charge in [-0.05, 0) is 42.0 Å². The van der Waals surface area contributed by atoms with Crippen molar-refractivity contribution in [2.24, 2.45) is 0 Å². The van der Waals surface area contributed by atoms with E-state index in [1.165, 1.54) is 5.56 Å². The Bertz CT molecular complexity index is 632. The van der Waals surface area contributed by atoms with Gasteiger partial charge in [0.2, 0.25) is 0 Å². The van der Waals surface area contributed by atoms with Crippen molar-refractivity contribution in [1.82, 2.24) is 14.8 Å². The van der Waals surface area contributed by atoms with Crippen LogP contribution in [0.3, 0.4) is 0 Å². The van der Waals surface area contributed by atoms with Crippen LogP contribution >= 0.6 is 0 Å². The summed E-state index contributed by atoms with van der Waals surface area (Å²) in [4.78, 5) is 4.01. The summed E-state index contributed by atoms with van der Waals surface area (Å²) in [7, 11) is 0. The van der Waals surface area contributed by atoms with Gasteiger partial charge < -0.3 is 5.32 Å². The van der Waals surface area contributed by atoms with Crippen molar-refractivity contribution >= 4 is 5.69 Å². The SMILES string of the molecule is c1cc(NCc2ccncc2)cc(-n2cccn2)c1. The molecule has 0 bridgehead atoms. The highest BCUT2D eigenvalue weighted by molar-refractivity contribution is 5.51. The monoisotopic (exact) mass is 250 g/mol. The molecule has 0 aliphatic heterocycles. The Hall–Kier alpha value is -2.62. The fourth-order valence-electron chi connectivity index (χ4n) is 1.88. The largest absolute Gasteiger partial charge is 0.381 e. The van der Waals surface area contributed by atoms with E-state index >= 15 is 0 Å². The first-order valence-electron chi connectivity index (χ1n) is 6.15. The Morgan fingerprint density at radius 3 is 2.68 bits per heavy atom. The molecular formula is C15H14N4. The smallest absolute Gasteiger partial charge is 0.0666 e. The topological polar surface area (TPSA) is 42.7 Å². The summed E-state index contributed by atoms with van der Waals surface area (Å²) >= 11 is 0. The summed E-state index contributed by atoms with van der Waals surface area (Å²) in [6.45, 7) is 0.783. The fourth-order valence-corrected chi connectivity index (χ4v) is 1.88. The third-order valence-corrected chi connectivity index (χ3v) is 2.86. The second-order valence-electron chi connectivity index (χ2n) is 4.21. The lowest BCUT2D eigenvalue weighted by molar-refractivity contribution is 0.880. The molecule has 2 heterocycles. The number of aromatic nitrogens is 3. The summed E-state index contributed by atoms with van der Waals surface area (Å²) in [6, 6.07) is 14.1. The van der Waals surface area contributed by atoms with Crippen LogP contribution in [0.4, 0.5) is 5.69 Å². The minimum Gasteiger partial charge on any atom is -0.381 e. The molecule has 0 aliphatic carbocycles. The molecule has 0 atom stereocenters. The zero-order valence-electron chi connectivity index (χ0n) is 10.4. The van der Waals surface area contributed by atoms with Gasteiger partial charge in [-0.15, -0.1) is 0 Å². The van der Waals surface area contributed by atoms with Gasteiger partial charge in [-0.25, -0.2) is 4.68 Å². The van der Waals surface area contributed by atoms with E-state index in [0.29, 0.717) is 0 Å². The molecule has 2 aromatic heterocycles. The van der Waals surface area contributed by atoms with Crippen molar-refractivity contribution in [3.63, 3.8) is 0 Å². The Morgan fingerprint density at radius 1 is 1.00 bits per heavy atom. The number of nitrogens with zero attached hydrogens (tertiary/aromatic N) is 3. The second-order valence-corrected chi connectivity index (χ2v) is 4.21. The number of nitrogens with one attached hydrogen (secondary N) is 1. The Morgan fingerprint density at radius 2 is 1.89 bits per heavy atom. The van der Waals surface area contributed by atoms with E-state index < -0.39 is 0 Å². The summed E-state index contributed by atoms with van der Waals surface area (Å²) in [6.07, 6.45) is 7.31. The van der Waals surface area contributed by atoms with E-state index in [1.54, 1.807) is 18.6 Å². The predicted molar refractivity (Wildman–Crippen MR) is 75.1 cm³/mol. The van der Waals surface area contributed by atoms with E-state index in [1.807, 2.05) is 47.3 Å². The lowest BCUT2D eigenvalue weighted by Crippen LogP contribution is -2.01. The van der Waals surface area contributed by atoms with Crippen LogP contribution in [0.5, 0.6) is 0 Å². The van der Waals surface area contributed by atoms with Crippen LogP contribution < -0.4 is 5.32 Å². The first-order chi connectivity index (χ1) is 9.42. The van der Waals surface area contributed by atoms with E-state index in [0.717, 1.165) is 17.9 Å². The Balaban J connectivity index is 1.74. The normalized spacial score (nSPS) is 10.3. The van der Waals surface area contributed by atoms with Crippen molar-refractivity contribution in [3.05, 3.63) is 72.8 Å². The molecule has 4 nitrogen and oxygen atoms in total. The number of hydrogen-bond acceptors (Lipinski definition) is 3. The predicted octanol–water partition coefficient (Wildman–Crippen LogP) is 2.88. The average molecular weight is 250 g/mol. The van der Waals surface area contributed by atoms with Crippen molar-refractivity contribution in [3.8, 4) is 5.69 Å². The van der Waals surface area contributed by atoms with E-state index in [-0.39, 0.29) is 0 Å². The van der Waals surface area contributed by atoms with Gasteiger partial charge in [-0.1, -0.05) is 6.07 Å². The highest BCUT2D eigenvalue weighted by Gasteiger charge is 1.98. The highest BCUT2D eigenvalue weighted by Crippen LogP contribution is 2.14. The number of anilines is 1. The van der Waals surface area contributed by atoms with Crippen LogP contribution in [0.15, 0.2) is 67.3 Å². The third-order valence-electron chi connectivity index (χ3n) is 2.86. The Kier molecular flexibility index (Phi) is 3.23. The molecule has 0 aliphatic rings. The molecule has 0 unspecified atom stereocenters. The van der Waals surface area contributed by atoms with Crippen LogP contribution in [0, 0.1) is 0 Å². The van der Waals surface area contributed by atoms with Crippen LogP contribution in [-0.2, 0) is 6.54 Å². The standard InChI is InChI=1S/C15H14N4/c1-3-14(17-12-13-5-8-16-9-6-13)11-15(4-1)19-10-2-7-18-19/h1-11,17H,12H2. The van der Waals surface area contributed by atoms with E-state index in [9.17, 15) is 0 Å². The molecule has 0 saturated heterocycles. The van der Waals surface area contributed by atoms with Crippen molar-refractivity contribution in [1.29, 1.82) is 0 Å². The number of hydrogen-bond donors (Lipinski definition) is 1. The second kappa shape index (κ2) is 5.35. The maximum Gasteiger partial charge on any atom is 0.0666 e. The van der Waals surface area contributed by atoms with Gasteiger partial charge in [0.05, 0.1) is 5.69 Å². The van der Waals surface area contributed by atoms with Crippen molar-refractivity contribution < 1.29 is 0 Å². The zero-order chi connectivity index (χ0) is 12.9. The summed E-state index contributed by atoms with van der Waals surface area (Å²) in [5.41, 5.74) is 3.33. The molecule has 1 N–H and O–H groups in total. The summed E-state index contributed by atoms with van der Waals surface area (Å²) in [5.74, 6) is 0. The number of pyridine rings is 1. The maximum atomic E-state index is 4.23. The summed E-state index contributed by atoms with van der Waals surface area (Å²) < 4.78 is 1.84. The van der Waals surface area contributed by atoms with Crippen LogP contribution in [0.1, 0.15) is 5.56 Å². The molecule has 4 heteroatoms. The van der Waals surface area contributed by atoms with Crippen LogP contribution in [-0.4, -0.2) is 14.8 Å². The lowest BCUT2D eigenvalue weighted by Gasteiger charge is -2.08. The van der Waals surface area contributed by atoms with E-state index in [4.69, 9.17) is 0 Å². The van der Waals surface area contributed by atoms with E-state index in [2.05, 4.69) is 21.5 Å². The van der Waals surface area contributed by atoms with Gasteiger partial charge in [0.15, 0.2) is 0 Å². The van der Waals surface area contributed by atoms with Crippen molar-refractivity contribution in [2.75, 3.05) is 5.32 Å². The fraction of sp³-hybridized carbons (Fsp3) is 0.0667. The van der Waals surface area contributed by atoms with Gasteiger partial charge in [0, 0.05) is 37.0 Å². The molecule has 0 radical (unpaired) electrons. The number of benzene rings is 1. The molecule has 0 amide bonds. The van der Waals surface area contributed by atoms with Gasteiger partial charge in [-0.2, -0.15) is 5.10 Å². The molecule has 19 heavy (non-hydrogen) atoms. The zero-order valence-corrected chi connectivity index (χ0v) is 10.4. The molecule has 0 spiro atoms.